The summed E-state index contributed by atoms with van der Waals surface area (Å²) in [6.07, 6.45) is 1.07. The average molecular weight is 508 g/mol. The van der Waals surface area contributed by atoms with Crippen LogP contribution in [0.5, 0.6) is 0 Å². The van der Waals surface area contributed by atoms with Gasteiger partial charge in [0.1, 0.15) is 12.6 Å². The summed E-state index contributed by atoms with van der Waals surface area (Å²) in [5.41, 5.74) is 2.94. The molecule has 1 atom stereocenters. The van der Waals surface area contributed by atoms with E-state index in [0.717, 1.165) is 27.3 Å². The van der Waals surface area contributed by atoms with Crippen molar-refractivity contribution in [3.63, 3.8) is 0 Å². The maximum Gasteiger partial charge on any atom is 0.244 e. The van der Waals surface area contributed by atoms with Gasteiger partial charge in [0.05, 0.1) is 11.9 Å². The third-order valence-corrected chi connectivity index (χ3v) is 6.80. The van der Waals surface area contributed by atoms with Gasteiger partial charge in [-0.25, -0.2) is 8.42 Å². The first-order chi connectivity index (χ1) is 15.8. The van der Waals surface area contributed by atoms with Gasteiger partial charge < -0.3 is 10.2 Å². The second-order valence-corrected chi connectivity index (χ2v) is 11.4. The first kappa shape index (κ1) is 27.7. The standard InChI is InChI=1S/C25H34ClN3O4S/c1-17(2)14-27-25(31)20(5)28(15-21-8-10-22(26)11-9-21)24(30)16-29(34(6,32)33)23-12-7-18(3)13-19(23)4/h7-13,17,20H,14-16H2,1-6H3,(H,27,31)/t20-/m1/s1. The van der Waals surface area contributed by atoms with Gasteiger partial charge in [0.25, 0.3) is 0 Å². The van der Waals surface area contributed by atoms with E-state index in [-0.39, 0.29) is 18.4 Å². The lowest BCUT2D eigenvalue weighted by Crippen LogP contribution is -2.51. The van der Waals surface area contributed by atoms with Crippen LogP contribution >= 0.6 is 11.6 Å². The van der Waals surface area contributed by atoms with Crippen molar-refractivity contribution in [2.75, 3.05) is 23.7 Å². The first-order valence-corrected chi connectivity index (χ1v) is 13.4. The summed E-state index contributed by atoms with van der Waals surface area (Å²) in [6, 6.07) is 11.5. The first-order valence-electron chi connectivity index (χ1n) is 11.2. The number of hydrogen-bond acceptors (Lipinski definition) is 4. The second kappa shape index (κ2) is 11.7. The molecular weight excluding hydrogens is 474 g/mol. The summed E-state index contributed by atoms with van der Waals surface area (Å²) in [7, 11) is -3.76. The van der Waals surface area contributed by atoms with Crippen molar-refractivity contribution >= 4 is 39.1 Å². The number of carbonyl (C=O) groups is 2. The Morgan fingerprint density at radius 2 is 1.65 bits per heavy atom. The van der Waals surface area contributed by atoms with Gasteiger partial charge in [-0.2, -0.15) is 0 Å². The zero-order valence-electron chi connectivity index (χ0n) is 20.6. The monoisotopic (exact) mass is 507 g/mol. The molecule has 0 fully saturated rings. The van der Waals surface area contributed by atoms with Crippen molar-refractivity contribution in [2.24, 2.45) is 5.92 Å². The van der Waals surface area contributed by atoms with Gasteiger partial charge in [0, 0.05) is 18.1 Å². The highest BCUT2D eigenvalue weighted by molar-refractivity contribution is 7.92. The van der Waals surface area contributed by atoms with E-state index in [1.807, 2.05) is 26.8 Å². The average Bonchev–Trinajstić information content (AvgIpc) is 2.74. The number of nitrogens with zero attached hydrogens (tertiary/aromatic N) is 2. The van der Waals surface area contributed by atoms with Gasteiger partial charge in [0.2, 0.25) is 21.8 Å². The number of amides is 2. The fraction of sp³-hybridized carbons (Fsp3) is 0.440. The summed E-state index contributed by atoms with van der Waals surface area (Å²) in [5, 5.41) is 3.41. The molecule has 2 amide bonds. The van der Waals surface area contributed by atoms with Crippen LogP contribution in [-0.2, 0) is 26.2 Å². The Balaban J connectivity index is 2.39. The summed E-state index contributed by atoms with van der Waals surface area (Å²) in [6.45, 7) is 9.52. The molecule has 0 spiro atoms. The summed E-state index contributed by atoms with van der Waals surface area (Å²) in [5.74, 6) is -0.525. The predicted octanol–water partition coefficient (Wildman–Crippen LogP) is 3.91. The highest BCUT2D eigenvalue weighted by Gasteiger charge is 2.30. The van der Waals surface area contributed by atoms with Gasteiger partial charge in [-0.05, 0) is 56.0 Å². The molecule has 34 heavy (non-hydrogen) atoms. The second-order valence-electron chi connectivity index (χ2n) is 9.02. The van der Waals surface area contributed by atoms with Crippen LogP contribution in [0.25, 0.3) is 0 Å². The minimum atomic E-state index is -3.76. The van der Waals surface area contributed by atoms with E-state index >= 15 is 0 Å². The number of benzene rings is 2. The molecule has 1 N–H and O–H groups in total. The Labute approximate surface area is 208 Å². The SMILES string of the molecule is Cc1ccc(N(CC(=O)N(Cc2ccc(Cl)cc2)[C@H](C)C(=O)NCC(C)C)S(C)(=O)=O)c(C)c1. The number of halogens is 1. The van der Waals surface area contributed by atoms with Crippen molar-refractivity contribution in [3.8, 4) is 0 Å². The van der Waals surface area contributed by atoms with Gasteiger partial charge in [-0.3, -0.25) is 13.9 Å². The van der Waals surface area contributed by atoms with Crippen molar-refractivity contribution in [3.05, 3.63) is 64.2 Å². The van der Waals surface area contributed by atoms with E-state index in [0.29, 0.717) is 17.3 Å². The van der Waals surface area contributed by atoms with Crippen LogP contribution in [-0.4, -0.2) is 50.5 Å². The van der Waals surface area contributed by atoms with Crippen LogP contribution < -0.4 is 9.62 Å². The third kappa shape index (κ3) is 7.74. The smallest absolute Gasteiger partial charge is 0.244 e. The zero-order valence-corrected chi connectivity index (χ0v) is 22.2. The number of nitrogens with one attached hydrogen (secondary N) is 1. The van der Waals surface area contributed by atoms with Crippen molar-refractivity contribution in [1.29, 1.82) is 0 Å². The molecule has 0 unspecified atom stereocenters. The summed E-state index contributed by atoms with van der Waals surface area (Å²) < 4.78 is 26.4. The molecule has 0 heterocycles. The van der Waals surface area contributed by atoms with Gasteiger partial charge in [-0.15, -0.1) is 0 Å². The van der Waals surface area contributed by atoms with Crippen LogP contribution in [0.15, 0.2) is 42.5 Å². The van der Waals surface area contributed by atoms with Crippen molar-refractivity contribution in [2.45, 2.75) is 47.2 Å². The molecule has 0 radical (unpaired) electrons. The third-order valence-electron chi connectivity index (χ3n) is 5.42. The van der Waals surface area contributed by atoms with Crippen LogP contribution in [0.3, 0.4) is 0 Å². The Morgan fingerprint density at radius 1 is 1.03 bits per heavy atom. The summed E-state index contributed by atoms with van der Waals surface area (Å²) in [4.78, 5) is 27.7. The lowest BCUT2D eigenvalue weighted by molar-refractivity contribution is -0.139. The molecule has 0 aromatic heterocycles. The van der Waals surface area contributed by atoms with Crippen LogP contribution in [0.4, 0.5) is 5.69 Å². The minimum Gasteiger partial charge on any atom is -0.354 e. The Bertz CT molecular complexity index is 1120. The molecule has 2 rings (SSSR count). The number of sulfonamides is 1. The van der Waals surface area contributed by atoms with E-state index in [2.05, 4.69) is 5.32 Å². The Hall–Kier alpha value is -2.58. The summed E-state index contributed by atoms with van der Waals surface area (Å²) >= 11 is 5.99. The molecule has 0 bridgehead atoms. The van der Waals surface area contributed by atoms with Crippen LogP contribution in [0.2, 0.25) is 5.02 Å². The predicted molar refractivity (Wildman–Crippen MR) is 137 cm³/mol. The lowest BCUT2D eigenvalue weighted by atomic mass is 10.1. The maximum absolute atomic E-state index is 13.5. The normalized spacial score (nSPS) is 12.4. The minimum absolute atomic E-state index is 0.136. The largest absolute Gasteiger partial charge is 0.354 e. The van der Waals surface area contributed by atoms with Gasteiger partial charge in [0.15, 0.2) is 0 Å². The molecule has 0 aliphatic carbocycles. The molecule has 0 aliphatic rings. The lowest BCUT2D eigenvalue weighted by Gasteiger charge is -2.32. The van der Waals surface area contributed by atoms with Crippen molar-refractivity contribution in [1.82, 2.24) is 10.2 Å². The molecule has 2 aromatic rings. The molecule has 0 saturated carbocycles. The topological polar surface area (TPSA) is 86.8 Å². The number of carbonyl (C=O) groups excluding carboxylic acids is 2. The van der Waals surface area contributed by atoms with E-state index < -0.39 is 28.5 Å². The van der Waals surface area contributed by atoms with E-state index in [1.165, 1.54) is 4.90 Å². The molecule has 7 nitrogen and oxygen atoms in total. The zero-order chi connectivity index (χ0) is 25.6. The number of anilines is 1. The van der Waals surface area contributed by atoms with Gasteiger partial charge >= 0.3 is 0 Å². The van der Waals surface area contributed by atoms with Crippen molar-refractivity contribution < 1.29 is 18.0 Å². The number of hydrogen-bond donors (Lipinski definition) is 1. The van der Waals surface area contributed by atoms with Gasteiger partial charge in [-0.1, -0.05) is 55.3 Å². The molecule has 2 aromatic carbocycles. The molecule has 0 aliphatic heterocycles. The fourth-order valence-electron chi connectivity index (χ4n) is 3.50. The Kier molecular flexibility index (Phi) is 9.53. The van der Waals surface area contributed by atoms with E-state index in [1.54, 1.807) is 50.2 Å². The van der Waals surface area contributed by atoms with E-state index in [4.69, 9.17) is 11.6 Å². The number of aryl methyl sites for hydroxylation is 2. The molecule has 0 saturated heterocycles. The molecule has 186 valence electrons. The number of rotatable bonds is 10. The van der Waals surface area contributed by atoms with Crippen LogP contribution in [0, 0.1) is 19.8 Å². The maximum atomic E-state index is 13.5. The highest BCUT2D eigenvalue weighted by atomic mass is 35.5. The van der Waals surface area contributed by atoms with E-state index in [9.17, 15) is 18.0 Å². The quantitative estimate of drug-likeness (QED) is 0.528. The Morgan fingerprint density at radius 3 is 2.18 bits per heavy atom. The molecular formula is C25H34ClN3O4S. The van der Waals surface area contributed by atoms with Crippen LogP contribution in [0.1, 0.15) is 37.5 Å². The fourth-order valence-corrected chi connectivity index (χ4v) is 4.53. The molecule has 9 heteroatoms. The highest BCUT2D eigenvalue weighted by Crippen LogP contribution is 2.24.